The van der Waals surface area contributed by atoms with Gasteiger partial charge in [-0.3, -0.25) is 9.59 Å². The summed E-state index contributed by atoms with van der Waals surface area (Å²) in [5, 5.41) is 4.01. The van der Waals surface area contributed by atoms with Crippen LogP contribution in [0.3, 0.4) is 0 Å². The van der Waals surface area contributed by atoms with Gasteiger partial charge in [0.2, 0.25) is 5.91 Å². The van der Waals surface area contributed by atoms with Crippen LogP contribution in [0.5, 0.6) is 0 Å². The minimum absolute atomic E-state index is 0.00188. The molecule has 6 nitrogen and oxygen atoms in total. The molecule has 0 spiro atoms. The Morgan fingerprint density at radius 3 is 2.32 bits per heavy atom. The van der Waals surface area contributed by atoms with E-state index in [1.54, 1.807) is 18.2 Å². The molecule has 2 amide bonds. The molecule has 34 heavy (non-hydrogen) atoms. The zero-order valence-corrected chi connectivity index (χ0v) is 20.9. The Hall–Kier alpha value is -2.96. The van der Waals surface area contributed by atoms with E-state index in [-0.39, 0.29) is 23.5 Å². The van der Waals surface area contributed by atoms with Crippen LogP contribution in [0.2, 0.25) is 10.0 Å². The lowest BCUT2D eigenvalue weighted by Crippen LogP contribution is -2.50. The first-order valence-corrected chi connectivity index (χ1v) is 12.0. The standard InChI is InChI=1S/C26H27Cl2N3O3/c1-16(2)26(33)31-12-10-30(11-13-31)22-7-6-19(15-21(22)28)29-25(32)24-9-8-23(34-24)18-5-4-17(3)20(27)14-18/h4-9,14-16H,10-13H2,1-3H3,(H,29,32). The van der Waals surface area contributed by atoms with Crippen LogP contribution in [-0.2, 0) is 4.79 Å². The monoisotopic (exact) mass is 499 g/mol. The fourth-order valence-corrected chi connectivity index (χ4v) is 4.41. The molecule has 1 saturated heterocycles. The third-order valence-corrected chi connectivity index (χ3v) is 6.63. The van der Waals surface area contributed by atoms with Gasteiger partial charge in [0, 0.05) is 48.4 Å². The number of furan rings is 1. The van der Waals surface area contributed by atoms with Crippen molar-refractivity contribution >= 4 is 46.4 Å². The molecule has 0 aliphatic carbocycles. The van der Waals surface area contributed by atoms with Crippen LogP contribution in [0.1, 0.15) is 30.0 Å². The van der Waals surface area contributed by atoms with Crippen molar-refractivity contribution in [3.05, 3.63) is 69.9 Å². The van der Waals surface area contributed by atoms with Gasteiger partial charge in [-0.05, 0) is 48.9 Å². The minimum Gasteiger partial charge on any atom is -0.451 e. The predicted octanol–water partition coefficient (Wildman–Crippen LogP) is 6.12. The van der Waals surface area contributed by atoms with Crippen LogP contribution in [0.25, 0.3) is 11.3 Å². The van der Waals surface area contributed by atoms with Gasteiger partial charge < -0.3 is 19.5 Å². The number of amides is 2. The summed E-state index contributed by atoms with van der Waals surface area (Å²) in [6.07, 6.45) is 0. The first-order chi connectivity index (χ1) is 16.2. The third-order valence-electron chi connectivity index (χ3n) is 5.92. The first kappa shape index (κ1) is 24.2. The maximum atomic E-state index is 12.7. The molecule has 0 radical (unpaired) electrons. The summed E-state index contributed by atoms with van der Waals surface area (Å²) in [7, 11) is 0. The van der Waals surface area contributed by atoms with E-state index in [9.17, 15) is 9.59 Å². The van der Waals surface area contributed by atoms with Crippen molar-refractivity contribution in [3.63, 3.8) is 0 Å². The van der Waals surface area contributed by atoms with E-state index in [4.69, 9.17) is 27.6 Å². The second kappa shape index (κ2) is 10.1. The van der Waals surface area contributed by atoms with E-state index in [1.807, 2.05) is 56.0 Å². The van der Waals surface area contributed by atoms with Crippen molar-refractivity contribution in [1.82, 2.24) is 4.90 Å². The number of nitrogens with one attached hydrogen (secondary N) is 1. The number of benzene rings is 2. The predicted molar refractivity (Wildman–Crippen MR) is 137 cm³/mol. The Balaban J connectivity index is 1.40. The second-order valence-corrected chi connectivity index (χ2v) is 9.53. The number of halogens is 2. The van der Waals surface area contributed by atoms with Crippen molar-refractivity contribution in [2.45, 2.75) is 20.8 Å². The van der Waals surface area contributed by atoms with Crippen LogP contribution in [-0.4, -0.2) is 42.9 Å². The number of anilines is 2. The van der Waals surface area contributed by atoms with Gasteiger partial charge in [-0.15, -0.1) is 0 Å². The summed E-state index contributed by atoms with van der Waals surface area (Å²) >= 11 is 12.7. The van der Waals surface area contributed by atoms with E-state index < -0.39 is 0 Å². The van der Waals surface area contributed by atoms with Gasteiger partial charge in [-0.25, -0.2) is 0 Å². The SMILES string of the molecule is Cc1ccc(-c2ccc(C(=O)Nc3ccc(N4CCN(C(=O)C(C)C)CC4)c(Cl)c3)o2)cc1Cl. The molecule has 3 aromatic rings. The first-order valence-electron chi connectivity index (χ1n) is 11.2. The van der Waals surface area contributed by atoms with E-state index in [0.29, 0.717) is 47.7 Å². The average molecular weight is 500 g/mol. The molecule has 8 heteroatoms. The minimum atomic E-state index is -0.367. The van der Waals surface area contributed by atoms with Crippen molar-refractivity contribution in [3.8, 4) is 11.3 Å². The van der Waals surface area contributed by atoms with Gasteiger partial charge in [0.1, 0.15) is 5.76 Å². The van der Waals surface area contributed by atoms with Crippen LogP contribution in [0, 0.1) is 12.8 Å². The molecule has 1 aromatic heterocycles. The second-order valence-electron chi connectivity index (χ2n) is 8.72. The van der Waals surface area contributed by atoms with Gasteiger partial charge in [-0.2, -0.15) is 0 Å². The maximum Gasteiger partial charge on any atom is 0.291 e. The fourth-order valence-electron chi connectivity index (χ4n) is 3.93. The van der Waals surface area contributed by atoms with E-state index >= 15 is 0 Å². The van der Waals surface area contributed by atoms with Crippen LogP contribution >= 0.6 is 23.2 Å². The van der Waals surface area contributed by atoms with Crippen LogP contribution in [0.15, 0.2) is 52.9 Å². The number of hydrogen-bond donors (Lipinski definition) is 1. The van der Waals surface area contributed by atoms with E-state index in [0.717, 1.165) is 16.8 Å². The zero-order valence-electron chi connectivity index (χ0n) is 19.4. The van der Waals surface area contributed by atoms with Crippen molar-refractivity contribution in [2.75, 3.05) is 36.4 Å². The van der Waals surface area contributed by atoms with Gasteiger partial charge in [0.15, 0.2) is 5.76 Å². The topological polar surface area (TPSA) is 65.8 Å². The summed E-state index contributed by atoms with van der Waals surface area (Å²) in [6, 6.07) is 14.4. The molecule has 178 valence electrons. The van der Waals surface area contributed by atoms with Crippen molar-refractivity contribution in [2.24, 2.45) is 5.92 Å². The molecule has 1 fully saturated rings. The molecule has 0 unspecified atom stereocenters. The highest BCUT2D eigenvalue weighted by molar-refractivity contribution is 6.33. The largest absolute Gasteiger partial charge is 0.451 e. The highest BCUT2D eigenvalue weighted by Crippen LogP contribution is 2.31. The number of piperazine rings is 1. The summed E-state index contributed by atoms with van der Waals surface area (Å²) < 4.78 is 5.75. The summed E-state index contributed by atoms with van der Waals surface area (Å²) in [5.74, 6) is 0.566. The molecular weight excluding hydrogens is 473 g/mol. The lowest BCUT2D eigenvalue weighted by Gasteiger charge is -2.37. The normalized spacial score (nSPS) is 13.9. The van der Waals surface area contributed by atoms with E-state index in [1.165, 1.54) is 0 Å². The van der Waals surface area contributed by atoms with Crippen molar-refractivity contribution < 1.29 is 14.0 Å². The number of aryl methyl sites for hydroxylation is 1. The third kappa shape index (κ3) is 5.24. The molecule has 2 heterocycles. The molecule has 1 aliphatic rings. The Kier molecular flexibility index (Phi) is 7.19. The van der Waals surface area contributed by atoms with Crippen LogP contribution in [0.4, 0.5) is 11.4 Å². The number of carbonyl (C=O) groups is 2. The van der Waals surface area contributed by atoms with Crippen LogP contribution < -0.4 is 10.2 Å². The summed E-state index contributed by atoms with van der Waals surface area (Å²) in [6.45, 7) is 8.51. The van der Waals surface area contributed by atoms with Gasteiger partial charge in [-0.1, -0.05) is 49.2 Å². The molecule has 0 bridgehead atoms. The molecule has 1 N–H and O–H groups in total. The lowest BCUT2D eigenvalue weighted by molar-refractivity contribution is -0.134. The Labute approximate surface area is 209 Å². The number of hydrogen-bond acceptors (Lipinski definition) is 4. The number of rotatable bonds is 5. The Bertz CT molecular complexity index is 1210. The quantitative estimate of drug-likeness (QED) is 0.459. The molecule has 4 rings (SSSR count). The van der Waals surface area contributed by atoms with Gasteiger partial charge in [0.05, 0.1) is 10.7 Å². The zero-order chi connectivity index (χ0) is 24.4. The van der Waals surface area contributed by atoms with E-state index in [2.05, 4.69) is 10.2 Å². The molecule has 0 atom stereocenters. The lowest BCUT2D eigenvalue weighted by atomic mass is 10.1. The highest BCUT2D eigenvalue weighted by Gasteiger charge is 2.24. The Morgan fingerprint density at radius 2 is 1.68 bits per heavy atom. The molecular formula is C26H27Cl2N3O3. The molecule has 0 saturated carbocycles. The number of nitrogens with zero attached hydrogens (tertiary/aromatic N) is 2. The number of carbonyl (C=O) groups excluding carboxylic acids is 2. The maximum absolute atomic E-state index is 12.7. The fraction of sp³-hybridized carbons (Fsp3) is 0.308. The van der Waals surface area contributed by atoms with Gasteiger partial charge >= 0.3 is 0 Å². The highest BCUT2D eigenvalue weighted by atomic mass is 35.5. The smallest absolute Gasteiger partial charge is 0.291 e. The summed E-state index contributed by atoms with van der Waals surface area (Å²) in [5.41, 5.74) is 3.23. The van der Waals surface area contributed by atoms with Gasteiger partial charge in [0.25, 0.3) is 5.91 Å². The molecule has 1 aliphatic heterocycles. The summed E-state index contributed by atoms with van der Waals surface area (Å²) in [4.78, 5) is 29.0. The van der Waals surface area contributed by atoms with Crippen molar-refractivity contribution in [1.29, 1.82) is 0 Å². The molecule has 2 aromatic carbocycles. The Morgan fingerprint density at radius 1 is 0.941 bits per heavy atom. The average Bonchev–Trinajstić information content (AvgIpc) is 3.31.